The van der Waals surface area contributed by atoms with Crippen molar-refractivity contribution in [3.05, 3.63) is 58.6 Å². The van der Waals surface area contributed by atoms with Crippen LogP contribution in [0.3, 0.4) is 0 Å². The first kappa shape index (κ1) is 20.9. The number of benzene rings is 2. The molecule has 1 fully saturated rings. The monoisotopic (exact) mass is 447 g/mol. The van der Waals surface area contributed by atoms with Crippen LogP contribution in [0.4, 0.5) is 4.39 Å². The lowest BCUT2D eigenvalue weighted by molar-refractivity contribution is 0.0997. The van der Waals surface area contributed by atoms with Crippen LogP contribution in [-0.4, -0.2) is 36.3 Å². The van der Waals surface area contributed by atoms with Gasteiger partial charge in [-0.1, -0.05) is 24.3 Å². The molecule has 0 saturated carbocycles. The van der Waals surface area contributed by atoms with Gasteiger partial charge in [-0.25, -0.2) is 12.8 Å². The van der Waals surface area contributed by atoms with E-state index in [4.69, 9.17) is 0 Å². The van der Waals surface area contributed by atoms with Crippen LogP contribution in [0, 0.1) is 5.82 Å². The second-order valence-electron chi connectivity index (χ2n) is 7.18. The van der Waals surface area contributed by atoms with Crippen LogP contribution in [0.5, 0.6) is 0 Å². The SMILES string of the molecule is CCCn1c(=NC(=O)c2ccc(S(=O)(=O)N3CCCC3)cc2)sc2cccc(F)c21. The number of rotatable bonds is 5. The molecule has 0 bridgehead atoms. The molecule has 0 spiro atoms. The average molecular weight is 448 g/mol. The molecule has 0 unspecified atom stereocenters. The van der Waals surface area contributed by atoms with Crippen molar-refractivity contribution in [2.75, 3.05) is 13.1 Å². The lowest BCUT2D eigenvalue weighted by Gasteiger charge is -2.15. The highest BCUT2D eigenvalue weighted by Crippen LogP contribution is 2.22. The number of halogens is 1. The van der Waals surface area contributed by atoms with Gasteiger partial charge < -0.3 is 4.57 Å². The standard InChI is InChI=1S/C21H22FN3O3S2/c1-2-12-25-19-17(22)6-5-7-18(19)29-21(25)23-20(26)15-8-10-16(11-9-15)30(27,28)24-13-3-4-14-24/h5-11H,2-4,12-14H2,1H3. The largest absolute Gasteiger partial charge is 0.314 e. The summed E-state index contributed by atoms with van der Waals surface area (Å²) in [4.78, 5) is 17.5. The predicted molar refractivity (Wildman–Crippen MR) is 114 cm³/mol. The topological polar surface area (TPSA) is 71.7 Å². The first-order valence-electron chi connectivity index (χ1n) is 9.89. The molecule has 1 saturated heterocycles. The number of aromatic nitrogens is 1. The number of nitrogens with zero attached hydrogens (tertiary/aromatic N) is 3. The third kappa shape index (κ3) is 3.84. The number of thiazole rings is 1. The number of carbonyl (C=O) groups excluding carboxylic acids is 1. The summed E-state index contributed by atoms with van der Waals surface area (Å²) in [5.74, 6) is -0.834. The molecule has 158 valence electrons. The molecule has 1 amide bonds. The maximum Gasteiger partial charge on any atom is 0.279 e. The Labute approximate surface area is 178 Å². The fraction of sp³-hybridized carbons (Fsp3) is 0.333. The number of hydrogen-bond acceptors (Lipinski definition) is 4. The van der Waals surface area contributed by atoms with Crippen LogP contribution in [-0.2, 0) is 16.6 Å². The Balaban J connectivity index is 1.68. The molecular weight excluding hydrogens is 425 g/mol. The van der Waals surface area contributed by atoms with Gasteiger partial charge in [0.05, 0.1) is 15.1 Å². The summed E-state index contributed by atoms with van der Waals surface area (Å²) in [7, 11) is -3.53. The Morgan fingerprint density at radius 1 is 1.13 bits per heavy atom. The minimum absolute atomic E-state index is 0.172. The fourth-order valence-corrected chi connectivity index (χ4v) is 6.19. The summed E-state index contributed by atoms with van der Waals surface area (Å²) in [5, 5.41) is 0. The maximum absolute atomic E-state index is 14.3. The van der Waals surface area contributed by atoms with Crippen LogP contribution in [0.15, 0.2) is 52.4 Å². The Hall–Kier alpha value is -2.36. The third-order valence-corrected chi connectivity index (χ3v) is 8.06. The highest BCUT2D eigenvalue weighted by molar-refractivity contribution is 7.89. The highest BCUT2D eigenvalue weighted by atomic mass is 32.2. The minimum Gasteiger partial charge on any atom is -0.314 e. The van der Waals surface area contributed by atoms with E-state index in [1.807, 2.05) is 6.92 Å². The van der Waals surface area contributed by atoms with Crippen LogP contribution in [0.1, 0.15) is 36.5 Å². The van der Waals surface area contributed by atoms with Gasteiger partial charge in [0.2, 0.25) is 10.0 Å². The molecule has 2 aromatic carbocycles. The molecule has 1 aromatic heterocycles. The van der Waals surface area contributed by atoms with Crippen molar-refractivity contribution in [2.45, 2.75) is 37.6 Å². The molecule has 1 aliphatic rings. The molecule has 6 nitrogen and oxygen atoms in total. The molecule has 0 aliphatic carbocycles. The van der Waals surface area contributed by atoms with Gasteiger partial charge in [0, 0.05) is 25.2 Å². The van der Waals surface area contributed by atoms with Gasteiger partial charge >= 0.3 is 0 Å². The van der Waals surface area contributed by atoms with Crippen molar-refractivity contribution >= 4 is 37.5 Å². The van der Waals surface area contributed by atoms with E-state index in [0.29, 0.717) is 30.0 Å². The number of aryl methyl sites for hydroxylation is 1. The molecule has 30 heavy (non-hydrogen) atoms. The molecule has 3 aromatic rings. The van der Waals surface area contributed by atoms with Gasteiger partial charge in [-0.3, -0.25) is 4.79 Å². The highest BCUT2D eigenvalue weighted by Gasteiger charge is 2.27. The van der Waals surface area contributed by atoms with Crippen LogP contribution in [0.2, 0.25) is 0 Å². The minimum atomic E-state index is -3.53. The third-order valence-electron chi connectivity index (χ3n) is 5.10. The van der Waals surface area contributed by atoms with Crippen molar-refractivity contribution in [2.24, 2.45) is 4.99 Å². The molecule has 0 radical (unpaired) electrons. The summed E-state index contributed by atoms with van der Waals surface area (Å²) in [6, 6.07) is 10.7. The normalized spacial score (nSPS) is 15.9. The van der Waals surface area contributed by atoms with E-state index in [2.05, 4.69) is 4.99 Å². The van der Waals surface area contributed by atoms with Crippen molar-refractivity contribution in [3.63, 3.8) is 0 Å². The van der Waals surface area contributed by atoms with Crippen LogP contribution >= 0.6 is 11.3 Å². The summed E-state index contributed by atoms with van der Waals surface area (Å²) < 4.78 is 43.5. The molecule has 0 atom stereocenters. The van der Waals surface area contributed by atoms with E-state index >= 15 is 0 Å². The molecule has 0 N–H and O–H groups in total. The van der Waals surface area contributed by atoms with Crippen molar-refractivity contribution in [1.82, 2.24) is 8.87 Å². The van der Waals surface area contributed by atoms with Crippen molar-refractivity contribution in [1.29, 1.82) is 0 Å². The Morgan fingerprint density at radius 2 is 1.83 bits per heavy atom. The summed E-state index contributed by atoms with van der Waals surface area (Å²) in [5.41, 5.74) is 0.735. The predicted octanol–water partition coefficient (Wildman–Crippen LogP) is 3.78. The smallest absolute Gasteiger partial charge is 0.279 e. The first-order valence-corrected chi connectivity index (χ1v) is 12.1. The van der Waals surface area contributed by atoms with E-state index in [0.717, 1.165) is 24.0 Å². The molecule has 9 heteroatoms. The zero-order valence-corrected chi connectivity index (χ0v) is 18.2. The zero-order chi connectivity index (χ0) is 21.3. The second-order valence-corrected chi connectivity index (χ2v) is 10.1. The molecular formula is C21H22FN3O3S2. The Morgan fingerprint density at radius 3 is 2.50 bits per heavy atom. The fourth-order valence-electron chi connectivity index (χ4n) is 3.60. The lowest BCUT2D eigenvalue weighted by Crippen LogP contribution is -2.27. The number of para-hydroxylation sites is 1. The van der Waals surface area contributed by atoms with Crippen LogP contribution in [0.25, 0.3) is 10.2 Å². The molecule has 1 aliphatic heterocycles. The number of carbonyl (C=O) groups is 1. The van der Waals surface area contributed by atoms with Gasteiger partial charge in [0.25, 0.3) is 5.91 Å². The van der Waals surface area contributed by atoms with E-state index in [-0.39, 0.29) is 16.3 Å². The summed E-state index contributed by atoms with van der Waals surface area (Å²) in [6.45, 7) is 3.57. The zero-order valence-electron chi connectivity index (χ0n) is 16.5. The van der Waals surface area contributed by atoms with E-state index in [1.54, 1.807) is 16.7 Å². The van der Waals surface area contributed by atoms with Crippen LogP contribution < -0.4 is 4.80 Å². The van der Waals surface area contributed by atoms with Gasteiger partial charge in [-0.15, -0.1) is 0 Å². The molecule has 2 heterocycles. The van der Waals surface area contributed by atoms with Crippen molar-refractivity contribution in [3.8, 4) is 0 Å². The van der Waals surface area contributed by atoms with E-state index in [1.165, 1.54) is 46.0 Å². The van der Waals surface area contributed by atoms with Crippen molar-refractivity contribution < 1.29 is 17.6 Å². The number of amides is 1. The van der Waals surface area contributed by atoms with Gasteiger partial charge in [-0.05, 0) is 55.7 Å². The van der Waals surface area contributed by atoms with E-state index in [9.17, 15) is 17.6 Å². The van der Waals surface area contributed by atoms with Gasteiger partial charge in [-0.2, -0.15) is 9.30 Å². The van der Waals surface area contributed by atoms with Gasteiger partial charge in [0.15, 0.2) is 4.80 Å². The lowest BCUT2D eigenvalue weighted by atomic mass is 10.2. The Bertz CT molecular complexity index is 1250. The summed E-state index contributed by atoms with van der Waals surface area (Å²) >= 11 is 1.26. The number of sulfonamides is 1. The quantitative estimate of drug-likeness (QED) is 0.598. The van der Waals surface area contributed by atoms with Gasteiger partial charge in [0.1, 0.15) is 5.82 Å². The van der Waals surface area contributed by atoms with E-state index < -0.39 is 15.9 Å². The number of fused-ring (bicyclic) bond motifs is 1. The summed E-state index contributed by atoms with van der Waals surface area (Å²) in [6.07, 6.45) is 2.50. The number of hydrogen-bond donors (Lipinski definition) is 0. The first-order chi connectivity index (χ1) is 14.4. The molecule has 4 rings (SSSR count). The maximum atomic E-state index is 14.3. The Kier molecular flexibility index (Phi) is 5.86. The average Bonchev–Trinajstić information content (AvgIpc) is 3.38. The second kappa shape index (κ2) is 8.41.